The molecule has 40 heavy (non-hydrogen) atoms. The standard InChI is InChI=1S/C31H32N2O6S/c1-5-6-10-17-39-24-16-14-22(18-25(24)38-4)27-26(23(35)15-13-21-11-8-7-9-12-21)28(36)30(37)33(27)31-32-19(2)29(40-31)20(3)34/h7-9,11-16,18,27,36H,5-6,10,17H2,1-4H3. The summed E-state index contributed by atoms with van der Waals surface area (Å²) in [4.78, 5) is 45.3. The highest BCUT2D eigenvalue weighted by atomic mass is 32.1. The van der Waals surface area contributed by atoms with Crippen LogP contribution in [0.1, 0.15) is 65.6 Å². The molecule has 1 aromatic heterocycles. The molecule has 4 rings (SSSR count). The van der Waals surface area contributed by atoms with Crippen molar-refractivity contribution in [3.8, 4) is 11.5 Å². The molecule has 1 aliphatic rings. The van der Waals surface area contributed by atoms with Crippen molar-refractivity contribution in [1.29, 1.82) is 0 Å². The molecule has 2 heterocycles. The summed E-state index contributed by atoms with van der Waals surface area (Å²) in [7, 11) is 1.51. The van der Waals surface area contributed by atoms with Gasteiger partial charge in [-0.1, -0.05) is 73.6 Å². The van der Waals surface area contributed by atoms with Crippen molar-refractivity contribution in [2.75, 3.05) is 18.6 Å². The molecule has 9 heteroatoms. The second kappa shape index (κ2) is 12.7. The summed E-state index contributed by atoms with van der Waals surface area (Å²) in [6, 6.07) is 13.4. The molecule has 208 valence electrons. The van der Waals surface area contributed by atoms with Gasteiger partial charge in [0, 0.05) is 6.92 Å². The third kappa shape index (κ3) is 5.99. The van der Waals surface area contributed by atoms with E-state index in [4.69, 9.17) is 9.47 Å². The van der Waals surface area contributed by atoms with Crippen LogP contribution >= 0.6 is 11.3 Å². The van der Waals surface area contributed by atoms with E-state index in [2.05, 4.69) is 11.9 Å². The van der Waals surface area contributed by atoms with Gasteiger partial charge in [-0.15, -0.1) is 0 Å². The van der Waals surface area contributed by atoms with Gasteiger partial charge in [-0.25, -0.2) is 4.98 Å². The van der Waals surface area contributed by atoms with Crippen LogP contribution in [0, 0.1) is 6.92 Å². The predicted octanol–water partition coefficient (Wildman–Crippen LogP) is 6.41. The highest BCUT2D eigenvalue weighted by Gasteiger charge is 2.45. The van der Waals surface area contributed by atoms with E-state index in [0.717, 1.165) is 36.2 Å². The van der Waals surface area contributed by atoms with Crippen LogP contribution in [0.4, 0.5) is 5.13 Å². The Labute approximate surface area is 237 Å². The normalized spacial score (nSPS) is 15.2. The number of aliphatic hydroxyl groups excluding tert-OH is 1. The summed E-state index contributed by atoms with van der Waals surface area (Å²) in [5.74, 6) is -1.18. The zero-order chi connectivity index (χ0) is 28.8. The summed E-state index contributed by atoms with van der Waals surface area (Å²) in [5, 5.41) is 11.2. The number of ketones is 2. The Hall–Kier alpha value is -4.24. The minimum atomic E-state index is -1.01. The van der Waals surface area contributed by atoms with E-state index in [0.29, 0.717) is 34.2 Å². The quantitative estimate of drug-likeness (QED) is 0.155. The summed E-state index contributed by atoms with van der Waals surface area (Å²) in [6.45, 7) is 5.75. The third-order valence-corrected chi connectivity index (χ3v) is 7.78. The predicted molar refractivity (Wildman–Crippen MR) is 155 cm³/mol. The summed E-state index contributed by atoms with van der Waals surface area (Å²) in [5.41, 5.74) is 1.69. The number of aromatic nitrogens is 1. The highest BCUT2D eigenvalue weighted by molar-refractivity contribution is 7.17. The van der Waals surface area contributed by atoms with E-state index >= 15 is 0 Å². The number of aryl methyl sites for hydroxylation is 1. The molecule has 0 fully saturated rings. The first-order valence-electron chi connectivity index (χ1n) is 13.1. The number of aliphatic hydroxyl groups is 1. The van der Waals surface area contributed by atoms with Gasteiger partial charge in [0.05, 0.1) is 35.9 Å². The van der Waals surface area contributed by atoms with Crippen molar-refractivity contribution < 1.29 is 29.0 Å². The Morgan fingerprint density at radius 1 is 1.12 bits per heavy atom. The zero-order valence-electron chi connectivity index (χ0n) is 23.0. The van der Waals surface area contributed by atoms with Crippen molar-refractivity contribution in [1.82, 2.24) is 4.98 Å². The monoisotopic (exact) mass is 560 g/mol. The number of thiazole rings is 1. The minimum absolute atomic E-state index is 0.0897. The first kappa shape index (κ1) is 28.8. The van der Waals surface area contributed by atoms with E-state index in [-0.39, 0.29) is 16.5 Å². The fourth-order valence-corrected chi connectivity index (χ4v) is 5.50. The van der Waals surface area contributed by atoms with Crippen molar-refractivity contribution in [3.05, 3.63) is 87.6 Å². The lowest BCUT2D eigenvalue weighted by molar-refractivity contribution is -0.117. The number of benzene rings is 2. The number of nitrogens with zero attached hydrogens (tertiary/aromatic N) is 2. The molecule has 3 aromatic rings. The maximum atomic E-state index is 13.5. The van der Waals surface area contributed by atoms with Crippen LogP contribution in [0.25, 0.3) is 6.08 Å². The van der Waals surface area contributed by atoms with Gasteiger partial charge in [0.1, 0.15) is 0 Å². The summed E-state index contributed by atoms with van der Waals surface area (Å²) >= 11 is 1.04. The first-order chi connectivity index (χ1) is 19.3. The number of Topliss-reactive ketones (excluding diaryl/α,β-unsaturated/α-hetero) is 1. The number of carbonyl (C=O) groups excluding carboxylic acids is 3. The number of ether oxygens (including phenoxy) is 2. The van der Waals surface area contributed by atoms with Gasteiger partial charge >= 0.3 is 0 Å². The SMILES string of the molecule is CCCCCOc1ccc(C2C(C(=O)C=Cc3ccccc3)=C(O)C(=O)N2c2nc(C)c(C(C)=O)s2)cc1OC. The summed E-state index contributed by atoms with van der Waals surface area (Å²) < 4.78 is 11.5. The number of allylic oxidation sites excluding steroid dienone is 1. The second-order valence-electron chi connectivity index (χ2n) is 9.38. The molecule has 0 saturated carbocycles. The van der Waals surface area contributed by atoms with Gasteiger partial charge in [0.15, 0.2) is 34.0 Å². The average Bonchev–Trinajstić information content (AvgIpc) is 3.47. The van der Waals surface area contributed by atoms with Crippen molar-refractivity contribution in [3.63, 3.8) is 0 Å². The molecule has 8 nitrogen and oxygen atoms in total. The topological polar surface area (TPSA) is 106 Å². The van der Waals surface area contributed by atoms with Gasteiger partial charge in [0.2, 0.25) is 0 Å². The Bertz CT molecular complexity index is 1470. The van der Waals surface area contributed by atoms with Crippen LogP contribution in [-0.2, 0) is 9.59 Å². The summed E-state index contributed by atoms with van der Waals surface area (Å²) in [6.07, 6.45) is 5.97. The number of hydrogen-bond acceptors (Lipinski definition) is 8. The maximum absolute atomic E-state index is 13.5. The van der Waals surface area contributed by atoms with Crippen LogP contribution in [0.15, 0.2) is 65.9 Å². The smallest absolute Gasteiger partial charge is 0.296 e. The Balaban J connectivity index is 1.78. The van der Waals surface area contributed by atoms with Crippen LogP contribution in [0.2, 0.25) is 0 Å². The molecule has 1 amide bonds. The van der Waals surface area contributed by atoms with Crippen molar-refractivity contribution >= 4 is 40.0 Å². The number of carbonyl (C=O) groups is 3. The molecular weight excluding hydrogens is 528 g/mol. The molecule has 0 radical (unpaired) electrons. The van der Waals surface area contributed by atoms with Gasteiger partial charge < -0.3 is 14.6 Å². The van der Waals surface area contributed by atoms with Gasteiger partial charge in [-0.2, -0.15) is 0 Å². The molecule has 1 atom stereocenters. The van der Waals surface area contributed by atoms with E-state index in [1.165, 1.54) is 25.0 Å². The van der Waals surface area contributed by atoms with Crippen LogP contribution in [0.3, 0.4) is 0 Å². The van der Waals surface area contributed by atoms with E-state index in [1.807, 2.05) is 30.3 Å². The minimum Gasteiger partial charge on any atom is -0.503 e. The van der Waals surface area contributed by atoms with Crippen LogP contribution in [-0.4, -0.2) is 41.3 Å². The van der Waals surface area contributed by atoms with Crippen LogP contribution in [0.5, 0.6) is 11.5 Å². The third-order valence-electron chi connectivity index (χ3n) is 6.52. The lowest BCUT2D eigenvalue weighted by Gasteiger charge is -2.25. The van der Waals surface area contributed by atoms with E-state index in [9.17, 15) is 19.5 Å². The highest BCUT2D eigenvalue weighted by Crippen LogP contribution is 2.45. The first-order valence-corrected chi connectivity index (χ1v) is 13.9. The number of rotatable bonds is 12. The van der Waals surface area contributed by atoms with Crippen molar-refractivity contribution in [2.24, 2.45) is 0 Å². The Morgan fingerprint density at radius 2 is 1.88 bits per heavy atom. The maximum Gasteiger partial charge on any atom is 0.296 e. The Kier molecular flexibility index (Phi) is 9.16. The number of unbranched alkanes of at least 4 members (excludes halogenated alkanes) is 2. The van der Waals surface area contributed by atoms with E-state index in [1.54, 1.807) is 31.2 Å². The lowest BCUT2D eigenvalue weighted by Crippen LogP contribution is -2.30. The molecule has 0 saturated heterocycles. The molecule has 1 N–H and O–H groups in total. The molecule has 1 unspecified atom stereocenters. The average molecular weight is 561 g/mol. The second-order valence-corrected chi connectivity index (χ2v) is 10.4. The lowest BCUT2D eigenvalue weighted by atomic mass is 9.95. The zero-order valence-corrected chi connectivity index (χ0v) is 23.8. The van der Waals surface area contributed by atoms with Gasteiger partial charge in [0.25, 0.3) is 5.91 Å². The molecular formula is C31H32N2O6S. The number of anilines is 1. The molecule has 1 aliphatic heterocycles. The molecule has 0 spiro atoms. The Morgan fingerprint density at radius 3 is 2.52 bits per heavy atom. The molecule has 0 aliphatic carbocycles. The number of methoxy groups -OCH3 is 1. The molecule has 0 bridgehead atoms. The van der Waals surface area contributed by atoms with Crippen molar-refractivity contribution in [2.45, 2.75) is 46.1 Å². The van der Waals surface area contributed by atoms with Gasteiger partial charge in [-0.3, -0.25) is 19.3 Å². The van der Waals surface area contributed by atoms with E-state index < -0.39 is 23.5 Å². The largest absolute Gasteiger partial charge is 0.503 e. The fraction of sp³-hybridized carbons (Fsp3) is 0.290. The van der Waals surface area contributed by atoms with Gasteiger partial charge in [-0.05, 0) is 42.7 Å². The molecule has 2 aromatic carbocycles. The fourth-order valence-electron chi connectivity index (χ4n) is 4.52. The van der Waals surface area contributed by atoms with Crippen LogP contribution < -0.4 is 14.4 Å². The number of amides is 1. The number of hydrogen-bond donors (Lipinski definition) is 1.